The van der Waals surface area contributed by atoms with Crippen LogP contribution in [-0.4, -0.2) is 28.9 Å². The van der Waals surface area contributed by atoms with Gasteiger partial charge in [-0.2, -0.15) is 5.10 Å². The zero-order chi connectivity index (χ0) is 14.7. The zero-order valence-corrected chi connectivity index (χ0v) is 12.0. The first kappa shape index (κ1) is 13.5. The van der Waals surface area contributed by atoms with Gasteiger partial charge in [-0.1, -0.05) is 6.07 Å². The number of amides is 2. The Kier molecular flexibility index (Phi) is 3.77. The van der Waals surface area contributed by atoms with Crippen LogP contribution in [0.2, 0.25) is 0 Å². The molecule has 0 spiro atoms. The van der Waals surface area contributed by atoms with E-state index >= 15 is 0 Å². The first-order valence-corrected chi connectivity index (χ1v) is 7.17. The molecule has 2 heterocycles. The van der Waals surface area contributed by atoms with Gasteiger partial charge in [0.25, 0.3) is 0 Å². The van der Waals surface area contributed by atoms with Gasteiger partial charge < -0.3 is 10.6 Å². The Labute approximate surface area is 123 Å². The molecule has 0 atom stereocenters. The average Bonchev–Trinajstić information content (AvgIpc) is 3.14. The summed E-state index contributed by atoms with van der Waals surface area (Å²) in [6.45, 7) is 5.07. The van der Waals surface area contributed by atoms with Gasteiger partial charge >= 0.3 is 6.03 Å². The number of nitrogens with one attached hydrogen (secondary N) is 2. The van der Waals surface area contributed by atoms with E-state index < -0.39 is 0 Å². The van der Waals surface area contributed by atoms with E-state index in [9.17, 15) is 4.79 Å². The van der Waals surface area contributed by atoms with Crippen molar-refractivity contribution in [2.45, 2.75) is 20.0 Å². The number of aryl methyl sites for hydroxylation is 1. The van der Waals surface area contributed by atoms with Gasteiger partial charge in [-0.05, 0) is 25.1 Å². The lowest BCUT2D eigenvalue weighted by Crippen LogP contribution is -2.27. The van der Waals surface area contributed by atoms with Crippen molar-refractivity contribution < 1.29 is 4.79 Å². The Bertz CT molecular complexity index is 636. The summed E-state index contributed by atoms with van der Waals surface area (Å²) in [6, 6.07) is 7.87. The monoisotopic (exact) mass is 285 g/mol. The molecule has 2 amide bonds. The molecule has 1 fully saturated rings. The number of anilines is 2. The van der Waals surface area contributed by atoms with Crippen LogP contribution in [0.25, 0.3) is 0 Å². The third-order valence-corrected chi connectivity index (χ3v) is 3.52. The Morgan fingerprint density at radius 3 is 3.05 bits per heavy atom. The van der Waals surface area contributed by atoms with Crippen LogP contribution in [0.1, 0.15) is 12.5 Å². The number of carbonyl (C=O) groups is 1. The maximum absolute atomic E-state index is 11.7. The number of carbonyl (C=O) groups excluding carboxylic acids is 1. The van der Waals surface area contributed by atoms with E-state index in [2.05, 4.69) is 22.7 Å². The average molecular weight is 285 g/mol. The molecule has 3 rings (SSSR count). The van der Waals surface area contributed by atoms with Crippen LogP contribution in [0.4, 0.5) is 16.2 Å². The third-order valence-electron chi connectivity index (χ3n) is 3.52. The molecule has 21 heavy (non-hydrogen) atoms. The highest BCUT2D eigenvalue weighted by atomic mass is 16.2. The lowest BCUT2D eigenvalue weighted by molar-refractivity contribution is 0.252. The Hall–Kier alpha value is -2.50. The Balaban J connectivity index is 1.67. The molecule has 0 bridgehead atoms. The van der Waals surface area contributed by atoms with E-state index in [4.69, 9.17) is 0 Å². The van der Waals surface area contributed by atoms with E-state index in [-0.39, 0.29) is 6.03 Å². The summed E-state index contributed by atoms with van der Waals surface area (Å²) in [7, 11) is 0. The van der Waals surface area contributed by atoms with E-state index in [0.29, 0.717) is 13.1 Å². The molecular weight excluding hydrogens is 266 g/mol. The van der Waals surface area contributed by atoms with Crippen molar-refractivity contribution in [1.82, 2.24) is 15.1 Å². The van der Waals surface area contributed by atoms with Crippen molar-refractivity contribution in [1.29, 1.82) is 0 Å². The Morgan fingerprint density at radius 1 is 1.43 bits per heavy atom. The fraction of sp³-hybridized carbons (Fsp3) is 0.333. The third kappa shape index (κ3) is 2.99. The smallest absolute Gasteiger partial charge is 0.321 e. The second-order valence-electron chi connectivity index (χ2n) is 4.99. The number of benzene rings is 1. The summed E-state index contributed by atoms with van der Waals surface area (Å²) < 4.78 is 1.90. The van der Waals surface area contributed by atoms with E-state index in [0.717, 1.165) is 30.0 Å². The molecule has 0 aliphatic carbocycles. The van der Waals surface area contributed by atoms with Gasteiger partial charge in [0.05, 0.1) is 6.20 Å². The summed E-state index contributed by atoms with van der Waals surface area (Å²) in [5, 5.41) is 10.4. The number of aromatic nitrogens is 2. The van der Waals surface area contributed by atoms with Gasteiger partial charge in [-0.3, -0.25) is 9.58 Å². The number of rotatable bonds is 5. The molecule has 2 aromatic rings. The normalized spacial score (nSPS) is 14.3. The predicted molar refractivity (Wildman–Crippen MR) is 82.4 cm³/mol. The zero-order valence-electron chi connectivity index (χ0n) is 12.0. The van der Waals surface area contributed by atoms with Crippen molar-refractivity contribution in [3.8, 4) is 0 Å². The van der Waals surface area contributed by atoms with Crippen molar-refractivity contribution in [2.24, 2.45) is 0 Å². The highest BCUT2D eigenvalue weighted by Crippen LogP contribution is 2.21. The van der Waals surface area contributed by atoms with Gasteiger partial charge in [0.2, 0.25) is 0 Å². The summed E-state index contributed by atoms with van der Waals surface area (Å²) in [6.07, 6.45) is 3.90. The minimum Gasteiger partial charge on any atom is -0.381 e. The summed E-state index contributed by atoms with van der Waals surface area (Å²) >= 11 is 0. The van der Waals surface area contributed by atoms with Crippen LogP contribution >= 0.6 is 0 Å². The van der Waals surface area contributed by atoms with Crippen molar-refractivity contribution in [3.63, 3.8) is 0 Å². The van der Waals surface area contributed by atoms with Crippen LogP contribution in [0.3, 0.4) is 0 Å². The molecule has 6 heteroatoms. The molecular formula is C15H19N5O. The molecule has 0 unspecified atom stereocenters. The maximum Gasteiger partial charge on any atom is 0.321 e. The maximum atomic E-state index is 11.7. The van der Waals surface area contributed by atoms with Crippen LogP contribution in [-0.2, 0) is 13.1 Å². The standard InChI is InChI=1S/C15H19N5O/c1-2-19-11-12(10-18-19)9-17-13-4-3-5-14(8-13)20-7-6-16-15(20)21/h3-5,8,10-11,17H,2,6-7,9H2,1H3,(H,16,21). The van der Waals surface area contributed by atoms with Crippen molar-refractivity contribution in [3.05, 3.63) is 42.2 Å². The quantitative estimate of drug-likeness (QED) is 0.883. The van der Waals surface area contributed by atoms with Crippen molar-refractivity contribution >= 4 is 17.4 Å². The SMILES string of the molecule is CCn1cc(CNc2cccc(N3CCNC3=O)c2)cn1. The highest BCUT2D eigenvalue weighted by molar-refractivity contribution is 5.94. The lowest BCUT2D eigenvalue weighted by atomic mass is 10.2. The first-order chi connectivity index (χ1) is 10.3. The summed E-state index contributed by atoms with van der Waals surface area (Å²) in [5.74, 6) is 0. The Morgan fingerprint density at radius 2 is 2.33 bits per heavy atom. The fourth-order valence-corrected chi connectivity index (χ4v) is 2.38. The second-order valence-corrected chi connectivity index (χ2v) is 4.99. The number of hydrogen-bond acceptors (Lipinski definition) is 3. The van der Waals surface area contributed by atoms with E-state index in [1.54, 1.807) is 4.90 Å². The lowest BCUT2D eigenvalue weighted by Gasteiger charge is -2.15. The topological polar surface area (TPSA) is 62.2 Å². The minimum atomic E-state index is -0.0311. The molecule has 6 nitrogen and oxygen atoms in total. The van der Waals surface area contributed by atoms with Crippen LogP contribution < -0.4 is 15.5 Å². The van der Waals surface area contributed by atoms with Gasteiger partial charge in [-0.15, -0.1) is 0 Å². The summed E-state index contributed by atoms with van der Waals surface area (Å²) in [5.41, 5.74) is 3.05. The molecule has 1 aromatic carbocycles. The van der Waals surface area contributed by atoms with Crippen LogP contribution in [0.15, 0.2) is 36.7 Å². The molecule has 1 saturated heterocycles. The number of hydrogen-bond donors (Lipinski definition) is 2. The largest absolute Gasteiger partial charge is 0.381 e. The number of urea groups is 1. The minimum absolute atomic E-state index is 0.0311. The molecule has 1 aliphatic rings. The molecule has 0 saturated carbocycles. The highest BCUT2D eigenvalue weighted by Gasteiger charge is 2.20. The van der Waals surface area contributed by atoms with Crippen LogP contribution in [0.5, 0.6) is 0 Å². The molecule has 110 valence electrons. The molecule has 1 aromatic heterocycles. The van der Waals surface area contributed by atoms with Gasteiger partial charge in [0.15, 0.2) is 0 Å². The van der Waals surface area contributed by atoms with E-state index in [1.807, 2.05) is 41.3 Å². The number of nitrogens with zero attached hydrogens (tertiary/aromatic N) is 3. The first-order valence-electron chi connectivity index (χ1n) is 7.17. The van der Waals surface area contributed by atoms with Crippen LogP contribution in [0, 0.1) is 0 Å². The summed E-state index contributed by atoms with van der Waals surface area (Å²) in [4.78, 5) is 13.4. The second kappa shape index (κ2) is 5.87. The molecule has 1 aliphatic heterocycles. The molecule has 2 N–H and O–H groups in total. The van der Waals surface area contributed by atoms with Crippen molar-refractivity contribution in [2.75, 3.05) is 23.3 Å². The molecule has 0 radical (unpaired) electrons. The van der Waals surface area contributed by atoms with Gasteiger partial charge in [0.1, 0.15) is 0 Å². The van der Waals surface area contributed by atoms with Gasteiger partial charge in [-0.25, -0.2) is 4.79 Å². The van der Waals surface area contributed by atoms with Gasteiger partial charge in [0, 0.05) is 49.3 Å². The van der Waals surface area contributed by atoms with E-state index in [1.165, 1.54) is 0 Å². The predicted octanol–water partition coefficient (Wildman–Crippen LogP) is 2.04. The fourth-order valence-electron chi connectivity index (χ4n) is 2.38.